The van der Waals surface area contributed by atoms with Gasteiger partial charge >= 0.3 is 6.18 Å². The van der Waals surface area contributed by atoms with E-state index in [1.165, 1.54) is 24.3 Å². The fraction of sp³-hybridized carbons (Fsp3) is 0.300. The predicted molar refractivity (Wildman–Crippen MR) is 187 cm³/mol. The second kappa shape index (κ2) is 16.3. The highest BCUT2D eigenvalue weighted by atomic mass is 19.4. The first-order valence-electron chi connectivity index (χ1n) is 16.8. The molecule has 0 spiro atoms. The van der Waals surface area contributed by atoms with Crippen LogP contribution in [0.2, 0.25) is 0 Å². The molecule has 0 saturated heterocycles. The fourth-order valence-corrected chi connectivity index (χ4v) is 6.34. The highest BCUT2D eigenvalue weighted by molar-refractivity contribution is 5.83. The molecule has 5 aromatic rings. The summed E-state index contributed by atoms with van der Waals surface area (Å²) in [6.07, 6.45) is -3.80. The number of para-hydroxylation sites is 1. The molecular formula is C40H40F5N3O2. The molecule has 50 heavy (non-hydrogen) atoms. The third-order valence-electron chi connectivity index (χ3n) is 9.08. The summed E-state index contributed by atoms with van der Waals surface area (Å²) >= 11 is 0. The minimum absolute atomic E-state index is 0.0559. The molecule has 5 rings (SSSR count). The van der Waals surface area contributed by atoms with Crippen LogP contribution < -0.4 is 5.43 Å². The molecule has 0 aliphatic rings. The van der Waals surface area contributed by atoms with E-state index in [1.807, 2.05) is 13.8 Å². The van der Waals surface area contributed by atoms with Crippen molar-refractivity contribution in [2.75, 3.05) is 26.2 Å². The second-order valence-corrected chi connectivity index (χ2v) is 12.3. The lowest BCUT2D eigenvalue weighted by Crippen LogP contribution is -2.37. The third kappa shape index (κ3) is 8.66. The minimum Gasteiger partial charge on any atom is -0.337 e. The molecule has 5 nitrogen and oxygen atoms in total. The van der Waals surface area contributed by atoms with E-state index in [-0.39, 0.29) is 48.4 Å². The zero-order valence-electron chi connectivity index (χ0n) is 28.1. The van der Waals surface area contributed by atoms with Gasteiger partial charge in [-0.2, -0.15) is 13.2 Å². The molecule has 1 amide bonds. The van der Waals surface area contributed by atoms with E-state index >= 15 is 0 Å². The average molecular weight is 690 g/mol. The summed E-state index contributed by atoms with van der Waals surface area (Å²) in [6.45, 7) is 6.44. The van der Waals surface area contributed by atoms with Gasteiger partial charge in [0.1, 0.15) is 6.54 Å². The number of fused-ring (bicyclic) bond motifs is 1. The summed E-state index contributed by atoms with van der Waals surface area (Å²) in [5, 5.41) is 0.389. The van der Waals surface area contributed by atoms with Gasteiger partial charge in [0, 0.05) is 30.2 Å². The molecule has 0 unspecified atom stereocenters. The monoisotopic (exact) mass is 689 g/mol. The van der Waals surface area contributed by atoms with E-state index in [0.29, 0.717) is 47.2 Å². The number of benzene rings is 4. The van der Waals surface area contributed by atoms with Gasteiger partial charge in [-0.3, -0.25) is 9.59 Å². The maximum absolute atomic E-state index is 14.5. The molecule has 0 fully saturated rings. The number of carbonyl (C=O) groups excluding carboxylic acids is 1. The lowest BCUT2D eigenvalue weighted by Gasteiger charge is -2.27. The van der Waals surface area contributed by atoms with Gasteiger partial charge in [0.05, 0.1) is 11.1 Å². The molecule has 10 heteroatoms. The van der Waals surface area contributed by atoms with E-state index in [2.05, 4.69) is 4.90 Å². The van der Waals surface area contributed by atoms with Gasteiger partial charge in [-0.05, 0) is 85.4 Å². The number of pyridine rings is 1. The summed E-state index contributed by atoms with van der Waals surface area (Å²) in [7, 11) is 0. The molecular weight excluding hydrogens is 649 g/mol. The number of aryl methyl sites for hydroxylation is 2. The number of halogens is 5. The number of hydrogen-bond donors (Lipinski definition) is 0. The third-order valence-corrected chi connectivity index (χ3v) is 9.08. The van der Waals surface area contributed by atoms with Gasteiger partial charge in [0.25, 0.3) is 0 Å². The first-order valence-corrected chi connectivity index (χ1v) is 16.8. The summed E-state index contributed by atoms with van der Waals surface area (Å²) in [5.74, 6) is -2.29. The van der Waals surface area contributed by atoms with Gasteiger partial charge in [0.2, 0.25) is 5.91 Å². The van der Waals surface area contributed by atoms with E-state index in [0.717, 1.165) is 25.2 Å². The van der Waals surface area contributed by atoms with Gasteiger partial charge in [0.15, 0.2) is 17.1 Å². The van der Waals surface area contributed by atoms with Crippen LogP contribution >= 0.6 is 0 Å². The van der Waals surface area contributed by atoms with Gasteiger partial charge in [-0.25, -0.2) is 8.78 Å². The van der Waals surface area contributed by atoms with Crippen LogP contribution in [-0.4, -0.2) is 46.5 Å². The van der Waals surface area contributed by atoms with Crippen molar-refractivity contribution in [2.24, 2.45) is 0 Å². The zero-order chi connectivity index (χ0) is 35.8. The molecule has 0 atom stereocenters. The Morgan fingerprint density at radius 1 is 0.800 bits per heavy atom. The first-order chi connectivity index (χ1) is 24.0. The van der Waals surface area contributed by atoms with Crippen LogP contribution in [0.15, 0.2) is 102 Å². The Morgan fingerprint density at radius 3 is 2.24 bits per heavy atom. The van der Waals surface area contributed by atoms with Crippen LogP contribution in [0.3, 0.4) is 0 Å². The molecule has 1 aromatic heterocycles. The van der Waals surface area contributed by atoms with Gasteiger partial charge in [-0.1, -0.05) is 80.6 Å². The van der Waals surface area contributed by atoms with E-state index in [4.69, 9.17) is 0 Å². The second-order valence-electron chi connectivity index (χ2n) is 12.3. The van der Waals surface area contributed by atoms with Crippen LogP contribution in [-0.2, 0) is 36.9 Å². The van der Waals surface area contributed by atoms with E-state index < -0.39 is 23.4 Å². The number of carbonyl (C=O) groups is 1. The van der Waals surface area contributed by atoms with Gasteiger partial charge in [-0.15, -0.1) is 0 Å². The van der Waals surface area contributed by atoms with E-state index in [9.17, 15) is 31.5 Å². The van der Waals surface area contributed by atoms with Crippen LogP contribution in [0.25, 0.3) is 22.0 Å². The Balaban J connectivity index is 1.49. The van der Waals surface area contributed by atoms with Crippen molar-refractivity contribution in [1.82, 2.24) is 14.4 Å². The van der Waals surface area contributed by atoms with Crippen molar-refractivity contribution in [1.29, 1.82) is 0 Å². The maximum Gasteiger partial charge on any atom is 0.417 e. The fourth-order valence-electron chi connectivity index (χ4n) is 6.34. The summed E-state index contributed by atoms with van der Waals surface area (Å²) < 4.78 is 73.3. The lowest BCUT2D eigenvalue weighted by molar-refractivity contribution is -0.137. The number of amides is 1. The van der Waals surface area contributed by atoms with Crippen molar-refractivity contribution < 1.29 is 26.7 Å². The number of hydrogen-bond acceptors (Lipinski definition) is 3. The smallest absolute Gasteiger partial charge is 0.337 e. The molecule has 0 aliphatic heterocycles. The Bertz CT molecular complexity index is 1990. The van der Waals surface area contributed by atoms with Crippen molar-refractivity contribution >= 4 is 16.8 Å². The number of aromatic nitrogens is 1. The molecule has 0 bridgehead atoms. The SMILES string of the molecule is CCN(CC)CCCN(Cc1ccc(-c2ccccc2)c(C(F)(F)F)c1)C(=O)Cn1c(CCc2cccc(F)c2F)cc(=O)c2ccccc21. The number of nitrogens with zero attached hydrogens (tertiary/aromatic N) is 3. The molecule has 1 heterocycles. The molecule has 0 saturated carbocycles. The van der Waals surface area contributed by atoms with Gasteiger partial charge < -0.3 is 14.4 Å². The predicted octanol–water partition coefficient (Wildman–Crippen LogP) is 8.51. The summed E-state index contributed by atoms with van der Waals surface area (Å²) in [6, 6.07) is 24.7. The number of rotatable bonds is 14. The average Bonchev–Trinajstić information content (AvgIpc) is 3.11. The van der Waals surface area contributed by atoms with Crippen molar-refractivity contribution in [3.63, 3.8) is 0 Å². The summed E-state index contributed by atoms with van der Waals surface area (Å²) in [4.78, 5) is 31.1. The highest BCUT2D eigenvalue weighted by Gasteiger charge is 2.34. The van der Waals surface area contributed by atoms with Crippen molar-refractivity contribution in [2.45, 2.75) is 52.4 Å². The molecule has 0 aliphatic carbocycles. The Hall–Kier alpha value is -4.83. The Kier molecular flexibility index (Phi) is 11.8. The maximum atomic E-state index is 14.5. The molecule has 4 aromatic carbocycles. The first kappa shape index (κ1) is 36.5. The molecule has 0 N–H and O–H groups in total. The Labute approximate surface area is 288 Å². The molecule has 262 valence electrons. The highest BCUT2D eigenvalue weighted by Crippen LogP contribution is 2.38. The van der Waals surface area contributed by atoms with Crippen LogP contribution in [0.5, 0.6) is 0 Å². The van der Waals surface area contributed by atoms with Crippen molar-refractivity contribution in [3.8, 4) is 11.1 Å². The Morgan fingerprint density at radius 2 is 1.52 bits per heavy atom. The standard InChI is InChI=1S/C40H40F5N3O2/c1-3-46(4-2)22-11-23-47(26-28-18-21-32(29-12-6-5-7-13-29)34(24-28)40(43,44)45)38(50)27-48-31(20-19-30-14-10-16-35(41)39(30)42)25-37(49)33-15-8-9-17-36(33)48/h5-10,12-18,21,24-25H,3-4,11,19-20,22-23,26-27H2,1-2H3. The van der Waals surface area contributed by atoms with E-state index in [1.54, 1.807) is 70.1 Å². The van der Waals surface area contributed by atoms with Crippen molar-refractivity contribution in [3.05, 3.63) is 141 Å². The quantitative estimate of drug-likeness (QED) is 0.110. The van der Waals surface area contributed by atoms with Crippen LogP contribution in [0, 0.1) is 11.6 Å². The molecule has 0 radical (unpaired) electrons. The van der Waals surface area contributed by atoms with Crippen LogP contribution in [0.1, 0.15) is 42.7 Å². The topological polar surface area (TPSA) is 45.5 Å². The summed E-state index contributed by atoms with van der Waals surface area (Å²) in [5.41, 5.74) is 0.872. The lowest BCUT2D eigenvalue weighted by atomic mass is 9.97. The number of alkyl halides is 3. The minimum atomic E-state index is -4.62. The normalized spacial score (nSPS) is 11.8. The van der Waals surface area contributed by atoms with Crippen LogP contribution in [0.4, 0.5) is 22.0 Å². The largest absolute Gasteiger partial charge is 0.417 e. The zero-order valence-corrected chi connectivity index (χ0v) is 28.1.